The SMILES string of the molecule is Cc1ccc(C(=O)Nc2ccc(CN3CCN(C)CC3)c(Cl)c2)cc1C#Cc1cnc(Nc2cnn(CCF)c2)nc1. The quantitative estimate of drug-likeness (QED) is 0.288. The standard InChI is InChI=1S/C31H32ClFN8O/c1-22-3-5-25(30(42)37-27-8-7-26(29(32)16-27)20-40-13-11-39(2)12-14-40)15-24(22)6-4-23-17-34-31(35-18-23)38-28-19-36-41(21-28)10-9-33/h3,5,7-8,15-19,21H,9-14,20H2,1-2H3,(H,37,42)(H,34,35,38). The molecule has 0 aliphatic carbocycles. The van der Waals surface area contributed by atoms with Gasteiger partial charge in [0, 0.05) is 73.2 Å². The smallest absolute Gasteiger partial charge is 0.255 e. The lowest BCUT2D eigenvalue weighted by molar-refractivity contribution is 0.102. The summed E-state index contributed by atoms with van der Waals surface area (Å²) >= 11 is 6.58. The Kier molecular flexibility index (Phi) is 9.44. The van der Waals surface area contributed by atoms with E-state index in [1.54, 1.807) is 43.0 Å². The van der Waals surface area contributed by atoms with Gasteiger partial charge in [0.25, 0.3) is 5.91 Å². The number of carbonyl (C=O) groups is 1. The number of carbonyl (C=O) groups excluding carboxylic acids is 1. The highest BCUT2D eigenvalue weighted by molar-refractivity contribution is 6.31. The molecule has 42 heavy (non-hydrogen) atoms. The van der Waals surface area contributed by atoms with Crippen molar-refractivity contribution < 1.29 is 9.18 Å². The van der Waals surface area contributed by atoms with Crippen LogP contribution in [-0.2, 0) is 13.1 Å². The third kappa shape index (κ3) is 7.70. The molecular weight excluding hydrogens is 555 g/mol. The molecule has 1 fully saturated rings. The predicted molar refractivity (Wildman–Crippen MR) is 163 cm³/mol. The summed E-state index contributed by atoms with van der Waals surface area (Å²) in [6, 6.07) is 11.1. The fourth-order valence-electron chi connectivity index (χ4n) is 4.46. The molecule has 1 aliphatic rings. The summed E-state index contributed by atoms with van der Waals surface area (Å²) < 4.78 is 14.0. The summed E-state index contributed by atoms with van der Waals surface area (Å²) in [4.78, 5) is 26.3. The molecule has 0 radical (unpaired) electrons. The first-order valence-corrected chi connectivity index (χ1v) is 14.0. The third-order valence-corrected chi connectivity index (χ3v) is 7.35. The molecule has 9 nitrogen and oxygen atoms in total. The van der Waals surface area contributed by atoms with Crippen LogP contribution in [0.5, 0.6) is 0 Å². The van der Waals surface area contributed by atoms with Crippen molar-refractivity contribution in [2.75, 3.05) is 50.5 Å². The zero-order valence-electron chi connectivity index (χ0n) is 23.6. The van der Waals surface area contributed by atoms with Crippen LogP contribution in [0.2, 0.25) is 5.02 Å². The zero-order chi connectivity index (χ0) is 29.5. The van der Waals surface area contributed by atoms with Crippen LogP contribution < -0.4 is 10.6 Å². The van der Waals surface area contributed by atoms with Gasteiger partial charge in [-0.15, -0.1) is 0 Å². The van der Waals surface area contributed by atoms with E-state index in [0.29, 0.717) is 33.5 Å². The Hall–Kier alpha value is -4.30. The van der Waals surface area contributed by atoms with Gasteiger partial charge in [-0.05, 0) is 49.4 Å². The summed E-state index contributed by atoms with van der Waals surface area (Å²) in [5, 5.41) is 10.7. The number of halogens is 2. The molecule has 2 aromatic carbocycles. The van der Waals surface area contributed by atoms with Crippen molar-refractivity contribution in [1.82, 2.24) is 29.5 Å². The first-order valence-electron chi connectivity index (χ1n) is 13.7. The number of benzene rings is 2. The Labute approximate surface area is 249 Å². The second-order valence-corrected chi connectivity index (χ2v) is 10.6. The van der Waals surface area contributed by atoms with Crippen LogP contribution in [0.1, 0.15) is 32.6 Å². The Morgan fingerprint density at radius 3 is 2.55 bits per heavy atom. The molecule has 0 saturated carbocycles. The normalized spacial score (nSPS) is 13.8. The second-order valence-electron chi connectivity index (χ2n) is 10.2. The van der Waals surface area contributed by atoms with Gasteiger partial charge >= 0.3 is 0 Å². The van der Waals surface area contributed by atoms with E-state index < -0.39 is 6.67 Å². The molecule has 2 aromatic heterocycles. The average molecular weight is 587 g/mol. The molecule has 2 N–H and O–H groups in total. The number of rotatable bonds is 8. The highest BCUT2D eigenvalue weighted by Crippen LogP contribution is 2.24. The summed E-state index contributed by atoms with van der Waals surface area (Å²) in [6.07, 6.45) is 6.48. The van der Waals surface area contributed by atoms with E-state index in [-0.39, 0.29) is 12.5 Å². The molecule has 0 atom stereocenters. The van der Waals surface area contributed by atoms with Gasteiger partial charge in [-0.1, -0.05) is 35.6 Å². The minimum Gasteiger partial charge on any atom is -0.322 e. The summed E-state index contributed by atoms with van der Waals surface area (Å²) in [7, 11) is 2.14. The van der Waals surface area contributed by atoms with Crippen molar-refractivity contribution in [2.45, 2.75) is 20.0 Å². The van der Waals surface area contributed by atoms with Gasteiger partial charge < -0.3 is 15.5 Å². The van der Waals surface area contributed by atoms with Gasteiger partial charge in [0.15, 0.2) is 0 Å². The number of anilines is 3. The minimum atomic E-state index is -0.488. The minimum absolute atomic E-state index is 0.193. The van der Waals surface area contributed by atoms with E-state index in [1.807, 2.05) is 25.1 Å². The van der Waals surface area contributed by atoms with E-state index in [1.165, 1.54) is 4.68 Å². The topological polar surface area (TPSA) is 91.2 Å². The molecule has 0 bridgehead atoms. The van der Waals surface area contributed by atoms with Crippen molar-refractivity contribution in [3.8, 4) is 11.8 Å². The Balaban J connectivity index is 1.21. The molecule has 11 heteroatoms. The average Bonchev–Trinajstić information content (AvgIpc) is 3.42. The zero-order valence-corrected chi connectivity index (χ0v) is 24.3. The van der Waals surface area contributed by atoms with Gasteiger partial charge in [0.05, 0.1) is 24.0 Å². The Morgan fingerprint density at radius 1 is 1.02 bits per heavy atom. The van der Waals surface area contributed by atoms with Crippen molar-refractivity contribution >= 4 is 34.8 Å². The fourth-order valence-corrected chi connectivity index (χ4v) is 4.70. The number of amides is 1. The van der Waals surface area contributed by atoms with Crippen molar-refractivity contribution in [2.24, 2.45) is 0 Å². The van der Waals surface area contributed by atoms with E-state index in [9.17, 15) is 9.18 Å². The number of piperazine rings is 1. The van der Waals surface area contributed by atoms with E-state index in [4.69, 9.17) is 11.6 Å². The number of aromatic nitrogens is 4. The van der Waals surface area contributed by atoms with Gasteiger partial charge in [-0.3, -0.25) is 14.4 Å². The molecule has 1 saturated heterocycles. The van der Waals surface area contributed by atoms with Crippen molar-refractivity contribution in [3.63, 3.8) is 0 Å². The van der Waals surface area contributed by atoms with Crippen LogP contribution in [0.4, 0.5) is 21.7 Å². The third-order valence-electron chi connectivity index (χ3n) is 7.00. The maximum absolute atomic E-state index is 13.1. The first kappa shape index (κ1) is 29.2. The monoisotopic (exact) mass is 586 g/mol. The lowest BCUT2D eigenvalue weighted by atomic mass is 10.0. The molecule has 5 rings (SSSR count). The van der Waals surface area contributed by atoms with Gasteiger partial charge in [0.1, 0.15) is 6.67 Å². The molecular formula is C31H32ClFN8O. The first-order chi connectivity index (χ1) is 20.4. The second kappa shape index (κ2) is 13.6. The predicted octanol–water partition coefficient (Wildman–Crippen LogP) is 4.75. The van der Waals surface area contributed by atoms with Crippen LogP contribution >= 0.6 is 11.6 Å². The Bertz CT molecular complexity index is 1600. The van der Waals surface area contributed by atoms with Crippen LogP contribution in [0, 0.1) is 18.8 Å². The highest BCUT2D eigenvalue weighted by atomic mass is 35.5. The van der Waals surface area contributed by atoms with Gasteiger partial charge in [-0.2, -0.15) is 5.10 Å². The van der Waals surface area contributed by atoms with Crippen LogP contribution in [0.25, 0.3) is 0 Å². The molecule has 1 aliphatic heterocycles. The molecule has 1 amide bonds. The number of hydrogen-bond acceptors (Lipinski definition) is 7. The van der Waals surface area contributed by atoms with Crippen LogP contribution in [0.15, 0.2) is 61.2 Å². The number of alkyl halides is 1. The maximum atomic E-state index is 13.1. The van der Waals surface area contributed by atoms with Crippen LogP contribution in [0.3, 0.4) is 0 Å². The maximum Gasteiger partial charge on any atom is 0.255 e. The van der Waals surface area contributed by atoms with E-state index in [0.717, 1.165) is 49.4 Å². The summed E-state index contributed by atoms with van der Waals surface area (Å²) in [5.41, 5.74) is 5.13. The molecule has 0 unspecified atom stereocenters. The highest BCUT2D eigenvalue weighted by Gasteiger charge is 2.16. The Morgan fingerprint density at radius 2 is 1.81 bits per heavy atom. The molecule has 216 valence electrons. The van der Waals surface area contributed by atoms with Crippen molar-refractivity contribution in [3.05, 3.63) is 94.0 Å². The van der Waals surface area contributed by atoms with Crippen molar-refractivity contribution in [1.29, 1.82) is 0 Å². The van der Waals surface area contributed by atoms with Gasteiger partial charge in [0.2, 0.25) is 5.95 Å². The van der Waals surface area contributed by atoms with E-state index >= 15 is 0 Å². The molecule has 3 heterocycles. The number of likely N-dealkylation sites (N-methyl/N-ethyl adjacent to an activating group) is 1. The number of aryl methyl sites for hydroxylation is 2. The summed E-state index contributed by atoms with van der Waals surface area (Å²) in [6.45, 7) is 6.55. The van der Waals surface area contributed by atoms with E-state index in [2.05, 4.69) is 54.4 Å². The molecule has 0 spiro atoms. The largest absolute Gasteiger partial charge is 0.322 e. The van der Waals surface area contributed by atoms with Crippen LogP contribution in [-0.4, -0.2) is 75.4 Å². The lowest BCUT2D eigenvalue weighted by Gasteiger charge is -2.32. The van der Waals surface area contributed by atoms with Gasteiger partial charge in [-0.25, -0.2) is 14.4 Å². The molecule has 4 aromatic rings. The fraction of sp³-hybridized carbons (Fsp3) is 0.290. The number of nitrogens with zero attached hydrogens (tertiary/aromatic N) is 6. The summed E-state index contributed by atoms with van der Waals surface area (Å²) in [5.74, 6) is 6.32. The number of hydrogen-bond donors (Lipinski definition) is 2. The lowest BCUT2D eigenvalue weighted by Crippen LogP contribution is -2.43. The number of nitrogens with one attached hydrogen (secondary N) is 2.